The fraction of sp³-hybridized carbons (Fsp3) is 0.833. The van der Waals surface area contributed by atoms with Crippen molar-refractivity contribution in [1.29, 1.82) is 0 Å². The van der Waals surface area contributed by atoms with Gasteiger partial charge in [0, 0.05) is 6.42 Å². The highest BCUT2D eigenvalue weighted by Crippen LogP contribution is 2.63. The molecular formula is C12H22OSi. The van der Waals surface area contributed by atoms with E-state index in [4.69, 9.17) is 4.43 Å². The Kier molecular flexibility index (Phi) is 2.11. The van der Waals surface area contributed by atoms with E-state index < -0.39 is 8.32 Å². The summed E-state index contributed by atoms with van der Waals surface area (Å²) < 4.78 is 6.07. The monoisotopic (exact) mass is 210 g/mol. The summed E-state index contributed by atoms with van der Waals surface area (Å²) in [7, 11) is -1.37. The van der Waals surface area contributed by atoms with Gasteiger partial charge in [-0.05, 0) is 49.4 Å². The first-order valence-electron chi connectivity index (χ1n) is 5.70. The van der Waals surface area contributed by atoms with Gasteiger partial charge in [-0.1, -0.05) is 13.8 Å². The zero-order chi connectivity index (χ0) is 10.6. The fourth-order valence-corrected chi connectivity index (χ4v) is 3.69. The van der Waals surface area contributed by atoms with Crippen molar-refractivity contribution < 1.29 is 4.43 Å². The molecule has 0 spiro atoms. The molecule has 0 aromatic heterocycles. The second-order valence-electron chi connectivity index (χ2n) is 6.34. The molecule has 0 aromatic rings. The third-order valence-corrected chi connectivity index (χ3v) is 4.52. The third-order valence-electron chi connectivity index (χ3n) is 3.64. The van der Waals surface area contributed by atoms with Gasteiger partial charge < -0.3 is 4.43 Å². The van der Waals surface area contributed by atoms with Crippen LogP contribution >= 0.6 is 0 Å². The van der Waals surface area contributed by atoms with Gasteiger partial charge in [0.15, 0.2) is 0 Å². The van der Waals surface area contributed by atoms with Crippen LogP contribution in [-0.2, 0) is 4.43 Å². The maximum absolute atomic E-state index is 6.07. The van der Waals surface area contributed by atoms with Gasteiger partial charge in [-0.15, -0.1) is 0 Å². The molecule has 1 saturated carbocycles. The second kappa shape index (κ2) is 2.88. The summed E-state index contributed by atoms with van der Waals surface area (Å²) in [5.74, 6) is 3.04. The molecule has 0 N–H and O–H groups in total. The van der Waals surface area contributed by atoms with E-state index >= 15 is 0 Å². The van der Waals surface area contributed by atoms with Gasteiger partial charge in [0.25, 0.3) is 0 Å². The molecule has 2 rings (SSSR count). The van der Waals surface area contributed by atoms with Crippen molar-refractivity contribution in [3.8, 4) is 0 Å². The molecule has 0 radical (unpaired) electrons. The first-order chi connectivity index (χ1) is 6.31. The molecule has 0 aliphatic heterocycles. The van der Waals surface area contributed by atoms with Crippen LogP contribution in [0.5, 0.6) is 0 Å². The Balaban J connectivity index is 2.03. The largest absolute Gasteiger partial charge is 0.548 e. The highest BCUT2D eigenvalue weighted by Gasteiger charge is 2.57. The quantitative estimate of drug-likeness (QED) is 0.630. The molecular weight excluding hydrogens is 188 g/mol. The van der Waals surface area contributed by atoms with E-state index in [1.54, 1.807) is 0 Å². The van der Waals surface area contributed by atoms with Crippen molar-refractivity contribution in [1.82, 2.24) is 0 Å². The minimum absolute atomic E-state index is 0.560. The predicted octanol–water partition coefficient (Wildman–Crippen LogP) is 3.79. The van der Waals surface area contributed by atoms with E-state index in [-0.39, 0.29) is 0 Å². The Labute approximate surface area is 88.7 Å². The molecule has 14 heavy (non-hydrogen) atoms. The number of rotatable bonds is 2. The highest BCUT2D eigenvalue weighted by molar-refractivity contribution is 6.70. The second-order valence-corrected chi connectivity index (χ2v) is 10.8. The fourth-order valence-electron chi connectivity index (χ4n) is 2.73. The van der Waals surface area contributed by atoms with Gasteiger partial charge in [0.05, 0.1) is 5.76 Å². The molecule has 0 amide bonds. The third kappa shape index (κ3) is 1.77. The number of allylic oxidation sites excluding steroid dienone is 2. The summed E-state index contributed by atoms with van der Waals surface area (Å²) in [6.07, 6.45) is 4.93. The highest BCUT2D eigenvalue weighted by atomic mass is 28.4. The Bertz CT molecular complexity index is 273. The van der Waals surface area contributed by atoms with Gasteiger partial charge >= 0.3 is 0 Å². The average molecular weight is 210 g/mol. The lowest BCUT2D eigenvalue weighted by Crippen LogP contribution is -2.25. The van der Waals surface area contributed by atoms with E-state index in [1.807, 2.05) is 0 Å². The maximum Gasteiger partial charge on any atom is 0.241 e. The van der Waals surface area contributed by atoms with Crippen LogP contribution in [0.15, 0.2) is 11.8 Å². The molecule has 80 valence electrons. The van der Waals surface area contributed by atoms with Crippen LogP contribution < -0.4 is 0 Å². The number of fused-ring (bicyclic) bond motifs is 1. The summed E-state index contributed by atoms with van der Waals surface area (Å²) in [5, 5.41) is 0. The van der Waals surface area contributed by atoms with Crippen LogP contribution in [-0.4, -0.2) is 8.32 Å². The Morgan fingerprint density at radius 3 is 2.50 bits per heavy atom. The molecule has 1 nitrogen and oxygen atoms in total. The van der Waals surface area contributed by atoms with E-state index in [1.165, 1.54) is 18.6 Å². The van der Waals surface area contributed by atoms with E-state index in [0.29, 0.717) is 5.41 Å². The van der Waals surface area contributed by atoms with Crippen LogP contribution in [0, 0.1) is 17.3 Å². The lowest BCUT2D eigenvalue weighted by Gasteiger charge is -2.23. The Hall–Kier alpha value is -0.243. The maximum atomic E-state index is 6.07. The number of hydrogen-bond acceptors (Lipinski definition) is 1. The molecule has 0 unspecified atom stereocenters. The first kappa shape index (κ1) is 10.3. The van der Waals surface area contributed by atoms with Gasteiger partial charge in [0.2, 0.25) is 8.32 Å². The normalized spacial score (nSPS) is 34.5. The van der Waals surface area contributed by atoms with Crippen molar-refractivity contribution >= 4 is 8.32 Å². The summed E-state index contributed by atoms with van der Waals surface area (Å²) in [6, 6.07) is 0. The topological polar surface area (TPSA) is 9.23 Å². The van der Waals surface area contributed by atoms with Gasteiger partial charge in [-0.3, -0.25) is 0 Å². The molecule has 1 fully saturated rings. The first-order valence-corrected chi connectivity index (χ1v) is 9.11. The molecule has 0 saturated heterocycles. The molecule has 0 bridgehead atoms. The van der Waals surface area contributed by atoms with Crippen molar-refractivity contribution in [2.75, 3.05) is 0 Å². The van der Waals surface area contributed by atoms with Gasteiger partial charge in [0.1, 0.15) is 0 Å². The zero-order valence-electron chi connectivity index (χ0n) is 10.1. The minimum Gasteiger partial charge on any atom is -0.548 e. The Morgan fingerprint density at radius 2 is 2.00 bits per heavy atom. The average Bonchev–Trinajstić information content (AvgIpc) is 2.51. The van der Waals surface area contributed by atoms with Crippen molar-refractivity contribution in [2.24, 2.45) is 17.3 Å². The van der Waals surface area contributed by atoms with Gasteiger partial charge in [-0.25, -0.2) is 0 Å². The predicted molar refractivity (Wildman–Crippen MR) is 62.5 cm³/mol. The zero-order valence-corrected chi connectivity index (χ0v) is 11.1. The summed E-state index contributed by atoms with van der Waals surface area (Å²) in [5.41, 5.74) is 0.560. The van der Waals surface area contributed by atoms with Crippen LogP contribution in [0.25, 0.3) is 0 Å². The van der Waals surface area contributed by atoms with Crippen molar-refractivity contribution in [3.63, 3.8) is 0 Å². The lowest BCUT2D eigenvalue weighted by molar-refractivity contribution is 0.375. The smallest absolute Gasteiger partial charge is 0.241 e. The molecule has 0 aromatic carbocycles. The van der Waals surface area contributed by atoms with Crippen LogP contribution in [0.1, 0.15) is 26.7 Å². The lowest BCUT2D eigenvalue weighted by atomic mass is 10.1. The summed E-state index contributed by atoms with van der Waals surface area (Å²) >= 11 is 0. The van der Waals surface area contributed by atoms with Crippen LogP contribution in [0.4, 0.5) is 0 Å². The molecule has 2 heteroatoms. The number of hydrogen-bond donors (Lipinski definition) is 0. The molecule has 2 aliphatic rings. The van der Waals surface area contributed by atoms with E-state index in [0.717, 1.165) is 11.8 Å². The van der Waals surface area contributed by atoms with E-state index in [9.17, 15) is 0 Å². The summed E-state index contributed by atoms with van der Waals surface area (Å²) in [4.78, 5) is 0. The SMILES string of the molecule is CC1(C)[C@@H]2CCC(O[Si](C)(C)C)=C[C@@H]21. The minimum atomic E-state index is -1.37. The van der Waals surface area contributed by atoms with Crippen LogP contribution in [0.3, 0.4) is 0 Å². The summed E-state index contributed by atoms with van der Waals surface area (Å²) in [6.45, 7) is 11.6. The molecule has 2 aliphatic carbocycles. The Morgan fingerprint density at radius 1 is 1.36 bits per heavy atom. The van der Waals surface area contributed by atoms with Gasteiger partial charge in [-0.2, -0.15) is 0 Å². The van der Waals surface area contributed by atoms with Crippen molar-refractivity contribution in [3.05, 3.63) is 11.8 Å². The van der Waals surface area contributed by atoms with Crippen LogP contribution in [0.2, 0.25) is 19.6 Å². The van der Waals surface area contributed by atoms with E-state index in [2.05, 4.69) is 39.6 Å². The molecule has 0 heterocycles. The molecule has 2 atom stereocenters. The van der Waals surface area contributed by atoms with Crippen molar-refractivity contribution in [2.45, 2.75) is 46.3 Å². The standard InChI is InChI=1S/C12H22OSi/c1-12(2)10-7-6-9(8-11(10)12)13-14(3,4)5/h8,10-11H,6-7H2,1-5H3/t10-,11+/m1/s1.